The fraction of sp³-hybridized carbons (Fsp3) is 0.690. The number of esters is 2. The molecule has 0 amide bonds. The zero-order valence-corrected chi connectivity index (χ0v) is 43.5. The third kappa shape index (κ3) is 23.7. The van der Waals surface area contributed by atoms with Crippen LogP contribution in [0, 0.1) is 24.2 Å². The lowest BCUT2D eigenvalue weighted by molar-refractivity contribution is -0.145. The van der Waals surface area contributed by atoms with Crippen LogP contribution < -0.4 is 18.9 Å². The lowest BCUT2D eigenvalue weighted by Crippen LogP contribution is -2.23. The number of aliphatic hydroxyl groups is 4. The number of ether oxygens (including phenoxy) is 8. The van der Waals surface area contributed by atoms with Crippen molar-refractivity contribution in [3.05, 3.63) is 60.2 Å². The highest BCUT2D eigenvalue weighted by atomic mass is 16.7. The van der Waals surface area contributed by atoms with E-state index in [1.807, 2.05) is 30.3 Å². The average molecular weight is 1010 g/mol. The lowest BCUT2D eigenvalue weighted by atomic mass is 9.85. The van der Waals surface area contributed by atoms with Crippen LogP contribution in [0.1, 0.15) is 191 Å². The quantitative estimate of drug-likeness (QED) is 0.0229. The first-order valence-corrected chi connectivity index (χ1v) is 27.0. The number of unbranched alkanes of at least 4 members (excludes halogenated alkanes) is 18. The molecule has 4 heterocycles. The van der Waals surface area contributed by atoms with Crippen LogP contribution in [0.4, 0.5) is 0 Å². The second kappa shape index (κ2) is 35.7. The molecule has 0 radical (unpaired) electrons. The van der Waals surface area contributed by atoms with Gasteiger partial charge in [0, 0.05) is 44.9 Å². The van der Waals surface area contributed by atoms with E-state index in [1.54, 1.807) is 0 Å². The standard InChI is InChI=1S/C20H18O6.C19H36O4.C19H34O4/c1-3-15-17(25-9-23-15)5-11(1)19-13-7-22-20(14(13)8-21-19)12-2-4-16-18(6-12)26-10-24-16;2*1-3-4-5-6-7-8-9-10-11-12-13-14-18(21)15-19(22)16-23-17(2)20/h1-6,13-14,19-20H,7-10H2;3,18-19,21-22H,1,4-16H2,2H3;1,18-19,21-22H,4-16H2,2H3. The van der Waals surface area contributed by atoms with Gasteiger partial charge in [0.25, 0.3) is 0 Å². The third-order valence-electron chi connectivity index (χ3n) is 13.6. The molecule has 0 aromatic heterocycles. The summed E-state index contributed by atoms with van der Waals surface area (Å²) < 4.78 is 43.6. The first-order valence-electron chi connectivity index (χ1n) is 27.0. The molecule has 404 valence electrons. The Balaban J connectivity index is 0.000000236. The van der Waals surface area contributed by atoms with Crippen LogP contribution in [-0.2, 0) is 28.5 Å². The molecule has 72 heavy (non-hydrogen) atoms. The summed E-state index contributed by atoms with van der Waals surface area (Å²) in [6.07, 6.45) is 30.6. The number of rotatable bonds is 33. The maximum atomic E-state index is 10.6. The van der Waals surface area contributed by atoms with Crippen molar-refractivity contribution in [3.63, 3.8) is 0 Å². The van der Waals surface area contributed by atoms with E-state index in [1.165, 1.54) is 97.3 Å². The summed E-state index contributed by atoms with van der Waals surface area (Å²) in [6, 6.07) is 12.1. The van der Waals surface area contributed by atoms with Gasteiger partial charge in [0.1, 0.15) is 13.2 Å². The molecule has 14 heteroatoms. The SMILES string of the molecule is C#CCCCCCCCCCCCC(O)CC(O)COC(C)=O.C=CCCCCCCCCCCCC(O)CC(O)COC(C)=O.c1cc2c(cc1C1OCC3C(c4ccc5c(c4)OCO5)OCC13)OCO2. The zero-order valence-electron chi connectivity index (χ0n) is 43.5. The van der Waals surface area contributed by atoms with E-state index in [0.717, 1.165) is 79.1 Å². The van der Waals surface area contributed by atoms with Crippen LogP contribution >= 0.6 is 0 Å². The molecule has 2 aromatic carbocycles. The highest BCUT2D eigenvalue weighted by molar-refractivity contribution is 5.66. The number of hydrogen-bond donors (Lipinski definition) is 4. The van der Waals surface area contributed by atoms with E-state index in [0.29, 0.717) is 37.9 Å². The summed E-state index contributed by atoms with van der Waals surface area (Å²) >= 11 is 0. The number of hydrogen-bond acceptors (Lipinski definition) is 14. The molecule has 4 N–H and O–H groups in total. The van der Waals surface area contributed by atoms with E-state index >= 15 is 0 Å². The molecule has 0 aliphatic carbocycles. The monoisotopic (exact) mass is 1010 g/mol. The van der Waals surface area contributed by atoms with E-state index in [-0.39, 0.29) is 51.8 Å². The van der Waals surface area contributed by atoms with Gasteiger partial charge in [0.2, 0.25) is 13.6 Å². The van der Waals surface area contributed by atoms with Crippen LogP contribution in [0.3, 0.4) is 0 Å². The first kappa shape index (κ1) is 60.2. The predicted molar refractivity (Wildman–Crippen MR) is 277 cm³/mol. The Morgan fingerprint density at radius 2 is 0.958 bits per heavy atom. The zero-order chi connectivity index (χ0) is 51.8. The number of allylic oxidation sites excluding steroid dienone is 1. The van der Waals surface area contributed by atoms with E-state index in [2.05, 4.69) is 24.6 Å². The first-order chi connectivity index (χ1) is 35.0. The van der Waals surface area contributed by atoms with Crippen molar-refractivity contribution < 1.29 is 67.9 Å². The van der Waals surface area contributed by atoms with Gasteiger partial charge >= 0.3 is 11.9 Å². The van der Waals surface area contributed by atoms with Crippen LogP contribution in [-0.4, -0.2) is 96.8 Å². The van der Waals surface area contributed by atoms with Crippen LogP contribution in [0.2, 0.25) is 0 Å². The molecular formula is C58H88O14. The van der Waals surface area contributed by atoms with Crippen molar-refractivity contribution in [2.24, 2.45) is 11.8 Å². The fourth-order valence-corrected chi connectivity index (χ4v) is 9.59. The minimum atomic E-state index is -0.775. The van der Waals surface area contributed by atoms with E-state index < -0.39 is 36.4 Å². The van der Waals surface area contributed by atoms with Crippen LogP contribution in [0.25, 0.3) is 0 Å². The lowest BCUT2D eigenvalue weighted by Gasteiger charge is -2.17. The number of benzene rings is 2. The molecule has 0 bridgehead atoms. The van der Waals surface area contributed by atoms with E-state index in [9.17, 15) is 30.0 Å². The van der Waals surface area contributed by atoms with Crippen LogP contribution in [0.5, 0.6) is 23.0 Å². The minimum absolute atomic E-state index is 0.0218. The molecule has 6 rings (SSSR count). The van der Waals surface area contributed by atoms with Gasteiger partial charge in [-0.05, 0) is 67.5 Å². The Kier molecular flexibility index (Phi) is 29.9. The van der Waals surface area contributed by atoms with Crippen molar-refractivity contribution in [1.82, 2.24) is 0 Å². The summed E-state index contributed by atoms with van der Waals surface area (Å²) in [5, 5.41) is 38.8. The summed E-state index contributed by atoms with van der Waals surface area (Å²) in [4.78, 5) is 21.2. The maximum Gasteiger partial charge on any atom is 0.302 e. The third-order valence-corrected chi connectivity index (χ3v) is 13.6. The molecule has 14 nitrogen and oxygen atoms in total. The van der Waals surface area contributed by atoms with Crippen molar-refractivity contribution in [1.29, 1.82) is 0 Å². The molecule has 2 aromatic rings. The summed E-state index contributed by atoms with van der Waals surface area (Å²) in [7, 11) is 0. The Morgan fingerprint density at radius 1 is 0.583 bits per heavy atom. The molecule has 8 atom stereocenters. The molecule has 2 fully saturated rings. The minimum Gasteiger partial charge on any atom is -0.463 e. The molecule has 4 aliphatic heterocycles. The molecule has 2 saturated heterocycles. The summed E-state index contributed by atoms with van der Waals surface area (Å²) in [5.41, 5.74) is 2.24. The highest BCUT2D eigenvalue weighted by Crippen LogP contribution is 2.52. The van der Waals surface area contributed by atoms with Gasteiger partial charge in [-0.1, -0.05) is 121 Å². The number of carbonyl (C=O) groups excluding carboxylic acids is 2. The van der Waals surface area contributed by atoms with Crippen molar-refractivity contribution in [3.8, 4) is 35.3 Å². The second-order valence-corrected chi connectivity index (χ2v) is 19.7. The second-order valence-electron chi connectivity index (χ2n) is 19.7. The Hall–Kier alpha value is -4.36. The van der Waals surface area contributed by atoms with Gasteiger partial charge in [0.05, 0.1) is 49.8 Å². The summed E-state index contributed by atoms with van der Waals surface area (Å²) in [5.74, 6) is 5.68. The summed E-state index contributed by atoms with van der Waals surface area (Å²) in [6.45, 7) is 8.22. The Bertz CT molecular complexity index is 1790. The van der Waals surface area contributed by atoms with Crippen molar-refractivity contribution >= 4 is 11.9 Å². The molecule has 0 saturated carbocycles. The maximum absolute atomic E-state index is 10.6. The van der Waals surface area contributed by atoms with Crippen molar-refractivity contribution in [2.75, 3.05) is 40.0 Å². The number of carbonyl (C=O) groups is 2. The van der Waals surface area contributed by atoms with Gasteiger partial charge in [-0.15, -0.1) is 18.9 Å². The van der Waals surface area contributed by atoms with Gasteiger partial charge in [-0.2, -0.15) is 0 Å². The molecule has 0 spiro atoms. The smallest absolute Gasteiger partial charge is 0.302 e. The number of terminal acetylenes is 1. The number of fused-ring (bicyclic) bond motifs is 3. The Morgan fingerprint density at radius 3 is 1.35 bits per heavy atom. The average Bonchev–Trinajstić information content (AvgIpc) is 4.20. The Labute approximate surface area is 430 Å². The van der Waals surface area contributed by atoms with Crippen LogP contribution in [0.15, 0.2) is 49.1 Å². The molecule has 8 unspecified atom stereocenters. The largest absolute Gasteiger partial charge is 0.463 e. The van der Waals surface area contributed by atoms with Gasteiger partial charge in [-0.3, -0.25) is 9.59 Å². The predicted octanol–water partition coefficient (Wildman–Crippen LogP) is 10.9. The van der Waals surface area contributed by atoms with Gasteiger partial charge in [0.15, 0.2) is 23.0 Å². The molecular weight excluding hydrogens is 921 g/mol. The van der Waals surface area contributed by atoms with Crippen molar-refractivity contribution in [2.45, 2.75) is 205 Å². The topological polar surface area (TPSA) is 189 Å². The highest BCUT2D eigenvalue weighted by Gasteiger charge is 2.48. The van der Waals surface area contributed by atoms with Gasteiger partial charge < -0.3 is 58.3 Å². The van der Waals surface area contributed by atoms with Gasteiger partial charge in [-0.25, -0.2) is 0 Å². The number of aliphatic hydroxyl groups excluding tert-OH is 4. The molecule has 4 aliphatic rings. The van der Waals surface area contributed by atoms with E-state index in [4.69, 9.17) is 44.3 Å². The normalized spacial score (nSPS) is 19.6. The fourth-order valence-electron chi connectivity index (χ4n) is 9.59.